The van der Waals surface area contributed by atoms with Gasteiger partial charge in [0.05, 0.1) is 11.0 Å². The normalized spacial score (nSPS) is 10.0. The zero-order valence-corrected chi connectivity index (χ0v) is 7.63. The van der Waals surface area contributed by atoms with Gasteiger partial charge in [-0.15, -0.1) is 0 Å². The van der Waals surface area contributed by atoms with Crippen LogP contribution in [0.5, 0.6) is 0 Å². The highest BCUT2D eigenvalue weighted by Gasteiger charge is 2.03. The smallest absolute Gasteiger partial charge is 0.307 e. The van der Waals surface area contributed by atoms with Gasteiger partial charge in [0.2, 0.25) is 0 Å². The first-order valence-corrected chi connectivity index (χ1v) is 3.91. The summed E-state index contributed by atoms with van der Waals surface area (Å²) in [6.07, 6.45) is 1.87. The second-order valence-corrected chi connectivity index (χ2v) is 3.16. The minimum Gasteiger partial charge on any atom is -0.481 e. The summed E-state index contributed by atoms with van der Waals surface area (Å²) in [5.74, 6) is -0.803. The van der Waals surface area contributed by atoms with E-state index in [0.717, 1.165) is 10.2 Å². The summed E-state index contributed by atoms with van der Waals surface area (Å²) in [6, 6.07) is 1.80. The number of hydrogen-bond donors (Lipinski definition) is 1. The standard InChI is InChI=1S/C7H8BrNO2/c1-9-4-5(2-6(9)8)3-7(10)11/h2,4H,3H2,1H3,(H,10,11). The van der Waals surface area contributed by atoms with Gasteiger partial charge >= 0.3 is 5.97 Å². The Labute approximate surface area is 72.8 Å². The number of halogens is 1. The van der Waals surface area contributed by atoms with Crippen LogP contribution in [0, 0.1) is 0 Å². The van der Waals surface area contributed by atoms with Crippen molar-refractivity contribution in [2.45, 2.75) is 6.42 Å². The fraction of sp³-hybridized carbons (Fsp3) is 0.286. The molecule has 1 aromatic rings. The van der Waals surface area contributed by atoms with Gasteiger partial charge in [-0.3, -0.25) is 4.79 Å². The Bertz CT molecular complexity index is 260. The molecule has 0 unspecified atom stereocenters. The molecule has 0 amide bonds. The Morgan fingerprint density at radius 1 is 1.82 bits per heavy atom. The lowest BCUT2D eigenvalue weighted by atomic mass is 10.2. The molecule has 0 radical (unpaired) electrons. The van der Waals surface area contributed by atoms with Crippen molar-refractivity contribution in [3.63, 3.8) is 0 Å². The molecule has 3 nitrogen and oxygen atoms in total. The van der Waals surface area contributed by atoms with Crippen molar-refractivity contribution >= 4 is 21.9 Å². The Hall–Kier alpha value is -0.770. The van der Waals surface area contributed by atoms with Crippen LogP contribution in [0.2, 0.25) is 0 Å². The number of aliphatic carboxylic acids is 1. The van der Waals surface area contributed by atoms with E-state index >= 15 is 0 Å². The van der Waals surface area contributed by atoms with Crippen LogP contribution in [0.1, 0.15) is 5.56 Å². The maximum Gasteiger partial charge on any atom is 0.307 e. The molecule has 0 saturated carbocycles. The number of aromatic nitrogens is 1. The van der Waals surface area contributed by atoms with Gasteiger partial charge in [0.15, 0.2) is 0 Å². The number of nitrogens with zero attached hydrogens (tertiary/aromatic N) is 1. The molecule has 1 N–H and O–H groups in total. The minimum absolute atomic E-state index is 0.0828. The Morgan fingerprint density at radius 3 is 2.82 bits per heavy atom. The highest BCUT2D eigenvalue weighted by molar-refractivity contribution is 9.10. The quantitative estimate of drug-likeness (QED) is 0.815. The highest BCUT2D eigenvalue weighted by atomic mass is 79.9. The zero-order chi connectivity index (χ0) is 8.43. The first-order valence-electron chi connectivity index (χ1n) is 3.12. The van der Waals surface area contributed by atoms with Crippen LogP contribution in [0.25, 0.3) is 0 Å². The summed E-state index contributed by atoms with van der Waals surface area (Å²) in [5, 5.41) is 8.44. The van der Waals surface area contributed by atoms with Gasteiger partial charge in [0, 0.05) is 13.2 Å². The van der Waals surface area contributed by atoms with E-state index in [9.17, 15) is 4.79 Å². The molecular formula is C7H8BrNO2. The summed E-state index contributed by atoms with van der Waals surface area (Å²) < 4.78 is 2.73. The molecule has 60 valence electrons. The first-order chi connectivity index (χ1) is 5.09. The van der Waals surface area contributed by atoms with Crippen molar-refractivity contribution < 1.29 is 9.90 Å². The van der Waals surface area contributed by atoms with Crippen LogP contribution < -0.4 is 0 Å². The zero-order valence-electron chi connectivity index (χ0n) is 6.04. The van der Waals surface area contributed by atoms with Gasteiger partial charge in [-0.1, -0.05) is 0 Å². The van der Waals surface area contributed by atoms with Gasteiger partial charge in [-0.05, 0) is 27.6 Å². The molecule has 0 aliphatic carbocycles. The maximum atomic E-state index is 10.3. The van der Waals surface area contributed by atoms with E-state index in [1.165, 1.54) is 0 Å². The Balaban J connectivity index is 2.81. The molecule has 0 bridgehead atoms. The fourth-order valence-electron chi connectivity index (χ4n) is 0.874. The van der Waals surface area contributed by atoms with Crippen LogP contribution in [0.15, 0.2) is 16.9 Å². The molecule has 0 aromatic carbocycles. The summed E-state index contributed by atoms with van der Waals surface area (Å²) >= 11 is 3.28. The van der Waals surface area contributed by atoms with E-state index in [2.05, 4.69) is 15.9 Å². The molecule has 1 aromatic heterocycles. The van der Waals surface area contributed by atoms with Gasteiger partial charge in [-0.2, -0.15) is 0 Å². The van der Waals surface area contributed by atoms with Crippen LogP contribution >= 0.6 is 15.9 Å². The third-order valence-electron chi connectivity index (χ3n) is 1.36. The molecule has 0 saturated heterocycles. The lowest BCUT2D eigenvalue weighted by molar-refractivity contribution is -0.136. The molecule has 1 heterocycles. The van der Waals surface area contributed by atoms with Gasteiger partial charge in [-0.25, -0.2) is 0 Å². The first kappa shape index (κ1) is 8.33. The highest BCUT2D eigenvalue weighted by Crippen LogP contribution is 2.13. The Morgan fingerprint density at radius 2 is 2.45 bits per heavy atom. The number of rotatable bonds is 2. The van der Waals surface area contributed by atoms with E-state index in [1.54, 1.807) is 12.3 Å². The van der Waals surface area contributed by atoms with Crippen molar-refractivity contribution in [3.05, 3.63) is 22.4 Å². The second kappa shape index (κ2) is 3.09. The largest absolute Gasteiger partial charge is 0.481 e. The molecule has 0 aliphatic rings. The molecule has 1 rings (SSSR count). The predicted octanol–water partition coefficient (Wildman–Crippen LogP) is 1.41. The molecule has 0 fully saturated rings. The predicted molar refractivity (Wildman–Crippen MR) is 44.5 cm³/mol. The number of hydrogen-bond acceptors (Lipinski definition) is 1. The Kier molecular flexibility index (Phi) is 2.34. The lowest BCUT2D eigenvalue weighted by Gasteiger charge is -1.89. The number of carbonyl (C=O) groups is 1. The number of carboxylic acids is 1. The average Bonchev–Trinajstić information content (AvgIpc) is 2.10. The third-order valence-corrected chi connectivity index (χ3v) is 2.14. The monoisotopic (exact) mass is 217 g/mol. The number of aryl methyl sites for hydroxylation is 1. The van der Waals surface area contributed by atoms with E-state index in [4.69, 9.17) is 5.11 Å². The van der Waals surface area contributed by atoms with Crippen molar-refractivity contribution in [1.29, 1.82) is 0 Å². The second-order valence-electron chi connectivity index (χ2n) is 2.35. The van der Waals surface area contributed by atoms with E-state index in [1.807, 2.05) is 11.6 Å². The summed E-state index contributed by atoms with van der Waals surface area (Å²) in [5.41, 5.74) is 0.812. The SMILES string of the molecule is Cn1cc(CC(=O)O)cc1Br. The number of carboxylic acid groups (broad SMARTS) is 1. The third kappa shape index (κ3) is 2.08. The van der Waals surface area contributed by atoms with Crippen molar-refractivity contribution in [2.24, 2.45) is 7.05 Å². The topological polar surface area (TPSA) is 42.2 Å². The molecule has 11 heavy (non-hydrogen) atoms. The maximum absolute atomic E-state index is 10.3. The molecule has 0 atom stereocenters. The molecule has 4 heteroatoms. The summed E-state index contributed by atoms with van der Waals surface area (Å²) in [7, 11) is 1.86. The summed E-state index contributed by atoms with van der Waals surface area (Å²) in [6.45, 7) is 0. The molecule has 0 aliphatic heterocycles. The lowest BCUT2D eigenvalue weighted by Crippen LogP contribution is -1.98. The van der Waals surface area contributed by atoms with Gasteiger partial charge in [0.25, 0.3) is 0 Å². The van der Waals surface area contributed by atoms with Crippen molar-refractivity contribution in [2.75, 3.05) is 0 Å². The molecule has 0 spiro atoms. The van der Waals surface area contributed by atoms with Crippen LogP contribution in [-0.2, 0) is 18.3 Å². The molecular weight excluding hydrogens is 210 g/mol. The van der Waals surface area contributed by atoms with E-state index in [0.29, 0.717) is 0 Å². The fourth-order valence-corrected chi connectivity index (χ4v) is 1.27. The van der Waals surface area contributed by atoms with Crippen LogP contribution in [-0.4, -0.2) is 15.6 Å². The summed E-state index contributed by atoms with van der Waals surface area (Å²) in [4.78, 5) is 10.3. The van der Waals surface area contributed by atoms with Crippen molar-refractivity contribution in [3.8, 4) is 0 Å². The average molecular weight is 218 g/mol. The van der Waals surface area contributed by atoms with Crippen LogP contribution in [0.4, 0.5) is 0 Å². The van der Waals surface area contributed by atoms with Gasteiger partial charge < -0.3 is 9.67 Å². The van der Waals surface area contributed by atoms with Crippen molar-refractivity contribution in [1.82, 2.24) is 4.57 Å². The van der Waals surface area contributed by atoms with Crippen LogP contribution in [0.3, 0.4) is 0 Å². The minimum atomic E-state index is -0.803. The van der Waals surface area contributed by atoms with E-state index < -0.39 is 5.97 Å². The van der Waals surface area contributed by atoms with Gasteiger partial charge in [0.1, 0.15) is 0 Å². The van der Waals surface area contributed by atoms with E-state index in [-0.39, 0.29) is 6.42 Å².